The van der Waals surface area contributed by atoms with Gasteiger partial charge in [-0.25, -0.2) is 4.79 Å². The Morgan fingerprint density at radius 1 is 1.00 bits per heavy atom. The first-order valence-corrected chi connectivity index (χ1v) is 8.49. The molecule has 6 nitrogen and oxygen atoms in total. The van der Waals surface area contributed by atoms with E-state index in [0.29, 0.717) is 16.5 Å². The van der Waals surface area contributed by atoms with Crippen molar-refractivity contribution in [3.8, 4) is 11.5 Å². The fourth-order valence-corrected chi connectivity index (χ4v) is 2.73. The second-order valence-corrected chi connectivity index (χ2v) is 6.01. The molecule has 27 heavy (non-hydrogen) atoms. The van der Waals surface area contributed by atoms with E-state index in [-0.39, 0.29) is 17.1 Å². The number of hydrogen-bond donors (Lipinski definition) is 3. The Morgan fingerprint density at radius 2 is 1.67 bits per heavy atom. The molecule has 0 saturated heterocycles. The number of amides is 1. The van der Waals surface area contributed by atoms with Crippen LogP contribution in [0.4, 0.5) is 5.69 Å². The molecule has 3 N–H and O–H groups in total. The Bertz CT molecular complexity index is 995. The highest BCUT2D eigenvalue weighted by Crippen LogP contribution is 2.35. The lowest BCUT2D eigenvalue weighted by Crippen LogP contribution is -2.21. The number of fused-ring (bicyclic) bond motifs is 1. The SMILES string of the molecule is CCc1ccc(NC(=O)COC(=O)c2cc(O)c3ccccc3c2O)cc1. The number of aromatic hydroxyl groups is 2. The molecule has 6 heteroatoms. The smallest absolute Gasteiger partial charge is 0.342 e. The van der Waals surface area contributed by atoms with E-state index >= 15 is 0 Å². The summed E-state index contributed by atoms with van der Waals surface area (Å²) < 4.78 is 4.97. The molecule has 3 rings (SSSR count). The topological polar surface area (TPSA) is 95.9 Å². The molecule has 0 aliphatic heterocycles. The lowest BCUT2D eigenvalue weighted by molar-refractivity contribution is -0.119. The standard InChI is InChI=1S/C21H19NO5/c1-2-13-7-9-14(10-8-13)22-19(24)12-27-21(26)17-11-18(23)15-5-3-4-6-16(15)20(17)25/h3-11,23,25H,2,12H2,1H3,(H,22,24). The van der Waals surface area contributed by atoms with Crippen LogP contribution in [0.25, 0.3) is 10.8 Å². The summed E-state index contributed by atoms with van der Waals surface area (Å²) in [6.45, 7) is 1.52. The highest BCUT2D eigenvalue weighted by atomic mass is 16.5. The predicted molar refractivity (Wildman–Crippen MR) is 102 cm³/mol. The van der Waals surface area contributed by atoms with Crippen molar-refractivity contribution in [3.63, 3.8) is 0 Å². The fourth-order valence-electron chi connectivity index (χ4n) is 2.73. The van der Waals surface area contributed by atoms with Gasteiger partial charge in [-0.2, -0.15) is 0 Å². The van der Waals surface area contributed by atoms with Crippen molar-refractivity contribution >= 4 is 28.3 Å². The van der Waals surface area contributed by atoms with Crippen LogP contribution in [0.15, 0.2) is 54.6 Å². The fraction of sp³-hybridized carbons (Fsp3) is 0.143. The van der Waals surface area contributed by atoms with Crippen LogP contribution in [-0.2, 0) is 16.0 Å². The number of aryl methyl sites for hydroxylation is 1. The van der Waals surface area contributed by atoms with Gasteiger partial charge in [0.1, 0.15) is 17.1 Å². The quantitative estimate of drug-likeness (QED) is 0.474. The molecular formula is C21H19NO5. The van der Waals surface area contributed by atoms with Gasteiger partial charge in [-0.05, 0) is 30.2 Å². The summed E-state index contributed by atoms with van der Waals surface area (Å²) in [5, 5.41) is 23.7. The van der Waals surface area contributed by atoms with Crippen molar-refractivity contribution < 1.29 is 24.5 Å². The van der Waals surface area contributed by atoms with Crippen molar-refractivity contribution in [2.75, 3.05) is 11.9 Å². The zero-order valence-corrected chi connectivity index (χ0v) is 14.7. The maximum absolute atomic E-state index is 12.2. The van der Waals surface area contributed by atoms with Crippen molar-refractivity contribution in [3.05, 3.63) is 65.7 Å². The molecule has 0 atom stereocenters. The first kappa shape index (κ1) is 18.3. The number of esters is 1. The molecule has 0 bridgehead atoms. The molecule has 1 amide bonds. The predicted octanol–water partition coefficient (Wildman–Crippen LogP) is 3.61. The van der Waals surface area contributed by atoms with Gasteiger partial charge < -0.3 is 20.3 Å². The van der Waals surface area contributed by atoms with Gasteiger partial charge in [-0.15, -0.1) is 0 Å². The van der Waals surface area contributed by atoms with Gasteiger partial charge in [0.25, 0.3) is 5.91 Å². The Morgan fingerprint density at radius 3 is 2.33 bits per heavy atom. The summed E-state index contributed by atoms with van der Waals surface area (Å²) in [6, 6.07) is 15.0. The van der Waals surface area contributed by atoms with Crippen molar-refractivity contribution in [2.45, 2.75) is 13.3 Å². The number of carbonyl (C=O) groups excluding carboxylic acids is 2. The molecule has 0 fully saturated rings. The van der Waals surface area contributed by atoms with Crippen LogP contribution in [0.1, 0.15) is 22.8 Å². The van der Waals surface area contributed by atoms with Crippen LogP contribution in [0.3, 0.4) is 0 Å². The second-order valence-electron chi connectivity index (χ2n) is 6.01. The van der Waals surface area contributed by atoms with Crippen LogP contribution in [-0.4, -0.2) is 28.7 Å². The first-order chi connectivity index (χ1) is 13.0. The molecule has 0 aliphatic rings. The van der Waals surface area contributed by atoms with Crippen molar-refractivity contribution in [1.29, 1.82) is 0 Å². The van der Waals surface area contributed by atoms with E-state index in [9.17, 15) is 19.8 Å². The molecule has 0 radical (unpaired) electrons. The molecule has 0 saturated carbocycles. The van der Waals surface area contributed by atoms with Crippen LogP contribution < -0.4 is 5.32 Å². The molecule has 0 unspecified atom stereocenters. The lowest BCUT2D eigenvalue weighted by Gasteiger charge is -2.10. The number of phenolic OH excluding ortho intramolecular Hbond substituents is 2. The van der Waals surface area contributed by atoms with E-state index in [4.69, 9.17) is 4.74 Å². The van der Waals surface area contributed by atoms with E-state index in [0.717, 1.165) is 18.1 Å². The summed E-state index contributed by atoms with van der Waals surface area (Å²) >= 11 is 0. The highest BCUT2D eigenvalue weighted by Gasteiger charge is 2.19. The maximum Gasteiger partial charge on any atom is 0.342 e. The van der Waals surface area contributed by atoms with Crippen LogP contribution in [0, 0.1) is 0 Å². The molecule has 3 aromatic rings. The van der Waals surface area contributed by atoms with E-state index in [1.165, 1.54) is 0 Å². The Balaban J connectivity index is 1.67. The number of benzene rings is 3. The summed E-state index contributed by atoms with van der Waals surface area (Å²) in [5.41, 5.74) is 1.54. The van der Waals surface area contributed by atoms with Gasteiger partial charge in [0.15, 0.2) is 6.61 Å². The molecular weight excluding hydrogens is 346 g/mol. The third kappa shape index (κ3) is 4.00. The average Bonchev–Trinajstić information content (AvgIpc) is 2.69. The molecule has 0 aliphatic carbocycles. The minimum Gasteiger partial charge on any atom is -0.507 e. The van der Waals surface area contributed by atoms with E-state index < -0.39 is 18.5 Å². The van der Waals surface area contributed by atoms with Gasteiger partial charge >= 0.3 is 5.97 Å². The monoisotopic (exact) mass is 365 g/mol. The lowest BCUT2D eigenvalue weighted by atomic mass is 10.0. The van der Waals surface area contributed by atoms with E-state index in [1.807, 2.05) is 19.1 Å². The Kier molecular flexibility index (Phi) is 5.26. The van der Waals surface area contributed by atoms with Crippen molar-refractivity contribution in [2.24, 2.45) is 0 Å². The third-order valence-corrected chi connectivity index (χ3v) is 4.19. The van der Waals surface area contributed by atoms with Gasteiger partial charge in [-0.3, -0.25) is 4.79 Å². The summed E-state index contributed by atoms with van der Waals surface area (Å²) in [5.74, 6) is -1.86. The number of hydrogen-bond acceptors (Lipinski definition) is 5. The molecule has 0 aromatic heterocycles. The zero-order chi connectivity index (χ0) is 19.4. The van der Waals surface area contributed by atoms with Crippen LogP contribution in [0.5, 0.6) is 11.5 Å². The van der Waals surface area contributed by atoms with Gasteiger partial charge in [-0.1, -0.05) is 43.3 Å². The number of phenols is 2. The highest BCUT2D eigenvalue weighted by molar-refractivity contribution is 6.04. The van der Waals surface area contributed by atoms with Crippen molar-refractivity contribution in [1.82, 2.24) is 0 Å². The minimum atomic E-state index is -0.898. The number of nitrogens with one attached hydrogen (secondary N) is 1. The van der Waals surface area contributed by atoms with Crippen LogP contribution in [0.2, 0.25) is 0 Å². The van der Waals surface area contributed by atoms with Gasteiger partial charge in [0.2, 0.25) is 0 Å². The molecule has 3 aromatic carbocycles. The second kappa shape index (κ2) is 7.78. The zero-order valence-electron chi connectivity index (χ0n) is 14.7. The van der Waals surface area contributed by atoms with Gasteiger partial charge in [0.05, 0.1) is 0 Å². The molecule has 0 spiro atoms. The summed E-state index contributed by atoms with van der Waals surface area (Å²) in [6.07, 6.45) is 0.897. The number of anilines is 1. The normalized spacial score (nSPS) is 10.6. The largest absolute Gasteiger partial charge is 0.507 e. The van der Waals surface area contributed by atoms with E-state index in [1.54, 1.807) is 36.4 Å². The Hall–Kier alpha value is -3.54. The average molecular weight is 365 g/mol. The first-order valence-electron chi connectivity index (χ1n) is 8.49. The Labute approximate surface area is 156 Å². The maximum atomic E-state index is 12.2. The third-order valence-electron chi connectivity index (χ3n) is 4.19. The number of ether oxygens (including phenoxy) is 1. The van der Waals surface area contributed by atoms with Crippen LogP contribution >= 0.6 is 0 Å². The summed E-state index contributed by atoms with van der Waals surface area (Å²) in [7, 11) is 0. The minimum absolute atomic E-state index is 0.157. The van der Waals surface area contributed by atoms with E-state index in [2.05, 4.69) is 5.32 Å². The summed E-state index contributed by atoms with van der Waals surface area (Å²) in [4.78, 5) is 24.2. The number of carbonyl (C=O) groups is 2. The molecule has 138 valence electrons. The number of rotatable bonds is 5. The molecule has 0 heterocycles. The van der Waals surface area contributed by atoms with Gasteiger partial charge in [0, 0.05) is 16.5 Å².